The molecule has 0 saturated heterocycles. The van der Waals surface area contributed by atoms with Crippen molar-refractivity contribution in [1.29, 1.82) is 0 Å². The van der Waals surface area contributed by atoms with Gasteiger partial charge in [-0.2, -0.15) is 5.10 Å². The van der Waals surface area contributed by atoms with Gasteiger partial charge in [-0.25, -0.2) is 0 Å². The van der Waals surface area contributed by atoms with Gasteiger partial charge in [-0.05, 0) is 20.3 Å². The molecule has 5 nitrogen and oxygen atoms in total. The van der Waals surface area contributed by atoms with Crippen molar-refractivity contribution in [2.75, 3.05) is 6.61 Å². The largest absolute Gasteiger partial charge is 0.507 e. The summed E-state index contributed by atoms with van der Waals surface area (Å²) in [5.41, 5.74) is 1.89. The maximum atomic E-state index is 10.5. The van der Waals surface area contributed by atoms with Crippen molar-refractivity contribution in [3.63, 3.8) is 0 Å². The molecule has 1 aliphatic heterocycles. The number of rotatable bonds is 5. The number of phenols is 1. The molecule has 0 saturated carbocycles. The maximum absolute atomic E-state index is 10.5. The van der Waals surface area contributed by atoms with Crippen LogP contribution in [-0.2, 0) is 12.6 Å². The lowest BCUT2D eigenvalue weighted by atomic mass is 9.91. The SMILES string of the molecule is CCCCCOc1cc(O)c2c(c1)OC(C)(C)c1cn(C)nc1-2. The van der Waals surface area contributed by atoms with E-state index in [1.807, 2.05) is 33.2 Å². The van der Waals surface area contributed by atoms with Crippen LogP contribution in [0.25, 0.3) is 11.3 Å². The number of fused-ring (bicyclic) bond motifs is 3. The molecule has 0 bridgehead atoms. The molecule has 1 aliphatic rings. The Kier molecular flexibility index (Phi) is 3.96. The second kappa shape index (κ2) is 5.80. The number of aromatic hydroxyl groups is 1. The smallest absolute Gasteiger partial charge is 0.137 e. The van der Waals surface area contributed by atoms with Gasteiger partial charge in [0.2, 0.25) is 0 Å². The average Bonchev–Trinajstić information content (AvgIpc) is 2.85. The lowest BCUT2D eigenvalue weighted by Crippen LogP contribution is -2.28. The first-order chi connectivity index (χ1) is 10.9. The van der Waals surface area contributed by atoms with Crippen LogP contribution in [0, 0.1) is 0 Å². The number of nitrogens with zero attached hydrogens (tertiary/aromatic N) is 2. The van der Waals surface area contributed by atoms with Crippen molar-refractivity contribution in [1.82, 2.24) is 9.78 Å². The van der Waals surface area contributed by atoms with Crippen LogP contribution in [0.15, 0.2) is 18.3 Å². The molecule has 0 unspecified atom stereocenters. The lowest BCUT2D eigenvalue weighted by molar-refractivity contribution is 0.105. The van der Waals surface area contributed by atoms with E-state index in [-0.39, 0.29) is 5.75 Å². The number of aryl methyl sites for hydroxylation is 1. The fourth-order valence-corrected chi connectivity index (χ4v) is 2.96. The molecule has 5 heteroatoms. The molecule has 1 N–H and O–H groups in total. The molecule has 3 rings (SSSR count). The van der Waals surface area contributed by atoms with E-state index in [0.717, 1.165) is 30.5 Å². The van der Waals surface area contributed by atoms with Crippen molar-refractivity contribution in [2.45, 2.75) is 45.6 Å². The summed E-state index contributed by atoms with van der Waals surface area (Å²) in [4.78, 5) is 0. The zero-order chi connectivity index (χ0) is 16.6. The molecule has 1 aromatic heterocycles. The van der Waals surface area contributed by atoms with E-state index in [1.165, 1.54) is 0 Å². The van der Waals surface area contributed by atoms with Crippen LogP contribution in [-0.4, -0.2) is 21.5 Å². The average molecular weight is 316 g/mol. The van der Waals surface area contributed by atoms with Gasteiger partial charge >= 0.3 is 0 Å². The highest BCUT2D eigenvalue weighted by Gasteiger charge is 2.37. The molecular weight excluding hydrogens is 292 g/mol. The van der Waals surface area contributed by atoms with Gasteiger partial charge in [-0.15, -0.1) is 0 Å². The van der Waals surface area contributed by atoms with Gasteiger partial charge in [0.05, 0.1) is 12.2 Å². The first-order valence-corrected chi connectivity index (χ1v) is 8.15. The number of hydrogen-bond donors (Lipinski definition) is 1. The number of phenolic OH excluding ortho intramolecular Hbond substituents is 1. The quantitative estimate of drug-likeness (QED) is 0.847. The Morgan fingerprint density at radius 3 is 2.83 bits per heavy atom. The normalized spacial score (nSPS) is 14.8. The van der Waals surface area contributed by atoms with Gasteiger partial charge in [-0.3, -0.25) is 4.68 Å². The number of benzene rings is 1. The summed E-state index contributed by atoms with van der Waals surface area (Å²) in [5, 5.41) is 15.0. The molecule has 1 aromatic carbocycles. The van der Waals surface area contributed by atoms with E-state index in [4.69, 9.17) is 9.47 Å². The molecule has 0 amide bonds. The Bertz CT molecular complexity index is 719. The maximum Gasteiger partial charge on any atom is 0.137 e. The topological polar surface area (TPSA) is 56.5 Å². The Morgan fingerprint density at radius 2 is 2.09 bits per heavy atom. The lowest BCUT2D eigenvalue weighted by Gasteiger charge is -2.32. The molecule has 23 heavy (non-hydrogen) atoms. The molecule has 2 heterocycles. The van der Waals surface area contributed by atoms with Crippen molar-refractivity contribution < 1.29 is 14.6 Å². The van der Waals surface area contributed by atoms with Crippen molar-refractivity contribution >= 4 is 0 Å². The first-order valence-electron chi connectivity index (χ1n) is 8.15. The first kappa shape index (κ1) is 15.7. The van der Waals surface area contributed by atoms with Gasteiger partial charge in [0.25, 0.3) is 0 Å². The third kappa shape index (κ3) is 2.87. The molecule has 0 aliphatic carbocycles. The zero-order valence-corrected chi connectivity index (χ0v) is 14.2. The minimum absolute atomic E-state index is 0.142. The van der Waals surface area contributed by atoms with Crippen LogP contribution in [0.1, 0.15) is 45.6 Å². The van der Waals surface area contributed by atoms with Crippen molar-refractivity contribution in [3.8, 4) is 28.5 Å². The van der Waals surface area contributed by atoms with Gasteiger partial charge in [-0.1, -0.05) is 19.8 Å². The number of aromatic nitrogens is 2. The van der Waals surface area contributed by atoms with E-state index >= 15 is 0 Å². The van der Waals surface area contributed by atoms with Crippen LogP contribution in [0.4, 0.5) is 0 Å². The van der Waals surface area contributed by atoms with Gasteiger partial charge in [0, 0.05) is 30.9 Å². The molecule has 124 valence electrons. The van der Waals surface area contributed by atoms with Crippen LogP contribution < -0.4 is 9.47 Å². The molecule has 0 spiro atoms. The standard InChI is InChI=1S/C18H24N2O3/c1-5-6-7-8-22-12-9-14(21)16-15(10-12)23-18(2,3)13-11-20(4)19-17(13)16/h9-11,21H,5-8H2,1-4H3. The fraction of sp³-hybridized carbons (Fsp3) is 0.500. The van der Waals surface area contributed by atoms with E-state index in [0.29, 0.717) is 23.7 Å². The summed E-state index contributed by atoms with van der Waals surface area (Å²) in [6, 6.07) is 3.49. The summed E-state index contributed by atoms with van der Waals surface area (Å²) in [6.07, 6.45) is 5.23. The highest BCUT2D eigenvalue weighted by atomic mass is 16.5. The zero-order valence-electron chi connectivity index (χ0n) is 14.2. The Morgan fingerprint density at radius 1 is 1.30 bits per heavy atom. The minimum Gasteiger partial charge on any atom is -0.507 e. The van der Waals surface area contributed by atoms with Gasteiger partial charge in [0.1, 0.15) is 28.5 Å². The molecule has 0 fully saturated rings. The van der Waals surface area contributed by atoms with Crippen molar-refractivity contribution in [2.24, 2.45) is 7.05 Å². The minimum atomic E-state index is -0.496. The third-order valence-electron chi connectivity index (χ3n) is 4.15. The Labute approximate surface area is 136 Å². The number of unbranched alkanes of at least 4 members (excludes halogenated alkanes) is 2. The molecular formula is C18H24N2O3. The molecule has 2 aromatic rings. The molecule has 0 radical (unpaired) electrons. The van der Waals surface area contributed by atoms with E-state index in [9.17, 15) is 5.11 Å². The van der Waals surface area contributed by atoms with E-state index in [1.54, 1.807) is 10.7 Å². The predicted octanol–water partition coefficient (Wildman–Crippen LogP) is 3.99. The second-order valence-electron chi connectivity index (χ2n) is 6.55. The second-order valence-corrected chi connectivity index (χ2v) is 6.55. The van der Waals surface area contributed by atoms with Crippen LogP contribution in [0.5, 0.6) is 17.2 Å². The van der Waals surface area contributed by atoms with Crippen LogP contribution in [0.3, 0.4) is 0 Å². The third-order valence-corrected chi connectivity index (χ3v) is 4.15. The Balaban J connectivity index is 1.96. The van der Waals surface area contributed by atoms with Gasteiger partial charge in [0.15, 0.2) is 0 Å². The highest BCUT2D eigenvalue weighted by molar-refractivity contribution is 5.79. The molecule has 0 atom stereocenters. The van der Waals surface area contributed by atoms with Gasteiger partial charge < -0.3 is 14.6 Å². The summed E-state index contributed by atoms with van der Waals surface area (Å²) in [6.45, 7) is 6.81. The van der Waals surface area contributed by atoms with Crippen LogP contribution in [0.2, 0.25) is 0 Å². The summed E-state index contributed by atoms with van der Waals surface area (Å²) < 4.78 is 13.6. The number of hydrogen-bond acceptors (Lipinski definition) is 4. The summed E-state index contributed by atoms with van der Waals surface area (Å²) in [5.74, 6) is 1.39. The summed E-state index contributed by atoms with van der Waals surface area (Å²) in [7, 11) is 1.87. The van der Waals surface area contributed by atoms with E-state index in [2.05, 4.69) is 12.0 Å². The van der Waals surface area contributed by atoms with E-state index < -0.39 is 5.60 Å². The number of ether oxygens (including phenoxy) is 2. The summed E-state index contributed by atoms with van der Waals surface area (Å²) >= 11 is 0. The highest BCUT2D eigenvalue weighted by Crippen LogP contribution is 2.49. The Hall–Kier alpha value is -2.17. The van der Waals surface area contributed by atoms with Crippen LogP contribution >= 0.6 is 0 Å². The predicted molar refractivity (Wildman–Crippen MR) is 89.0 cm³/mol. The fourth-order valence-electron chi connectivity index (χ4n) is 2.96. The van der Waals surface area contributed by atoms with Crippen molar-refractivity contribution in [3.05, 3.63) is 23.9 Å². The monoisotopic (exact) mass is 316 g/mol.